The van der Waals surface area contributed by atoms with E-state index < -0.39 is 0 Å². The second kappa shape index (κ2) is 6.47. The molecule has 2 aromatic heterocycles. The molecule has 2 aromatic rings. The van der Waals surface area contributed by atoms with Gasteiger partial charge in [0.15, 0.2) is 0 Å². The van der Waals surface area contributed by atoms with Crippen LogP contribution in [-0.2, 0) is 19.9 Å². The van der Waals surface area contributed by atoms with Gasteiger partial charge in [-0.05, 0) is 40.9 Å². The first-order valence-electron chi connectivity index (χ1n) is 6.66. The molecule has 0 fully saturated rings. The van der Waals surface area contributed by atoms with Crippen LogP contribution in [0, 0.1) is 6.92 Å². The van der Waals surface area contributed by atoms with Crippen LogP contribution in [0.25, 0.3) is 0 Å². The molecule has 0 radical (unpaired) electrons. The molecule has 0 aliphatic rings. The highest BCUT2D eigenvalue weighted by atomic mass is 79.9. The molecule has 6 heteroatoms. The molecule has 0 aliphatic carbocycles. The lowest BCUT2D eigenvalue weighted by atomic mass is 10.0. The molecule has 0 saturated heterocycles. The van der Waals surface area contributed by atoms with Gasteiger partial charge in [0.05, 0.1) is 27.6 Å². The number of halogens is 1. The van der Waals surface area contributed by atoms with Crippen LogP contribution >= 0.6 is 15.9 Å². The lowest BCUT2D eigenvalue weighted by molar-refractivity contribution is 0.515. The molecule has 0 amide bonds. The summed E-state index contributed by atoms with van der Waals surface area (Å²) in [6.07, 6.45) is 3.43. The normalized spacial score (nSPS) is 12.7. The molecule has 1 unspecified atom stereocenters. The molecule has 0 aliphatic heterocycles. The van der Waals surface area contributed by atoms with Gasteiger partial charge in [-0.2, -0.15) is 5.10 Å². The van der Waals surface area contributed by atoms with Crippen molar-refractivity contribution in [1.82, 2.24) is 20.2 Å². The van der Waals surface area contributed by atoms with E-state index in [1.165, 1.54) is 0 Å². The van der Waals surface area contributed by atoms with Crippen molar-refractivity contribution >= 4 is 15.9 Å². The number of aryl methyl sites for hydroxylation is 3. The van der Waals surface area contributed by atoms with Gasteiger partial charge in [-0.25, -0.2) is 0 Å². The van der Waals surface area contributed by atoms with Crippen molar-refractivity contribution in [3.63, 3.8) is 0 Å². The van der Waals surface area contributed by atoms with Crippen LogP contribution in [0.3, 0.4) is 0 Å². The fourth-order valence-electron chi connectivity index (χ4n) is 2.33. The van der Waals surface area contributed by atoms with Gasteiger partial charge in [0, 0.05) is 19.7 Å². The Morgan fingerprint density at radius 3 is 2.80 bits per heavy atom. The predicted molar refractivity (Wildman–Crippen MR) is 83.0 cm³/mol. The molecule has 0 spiro atoms. The quantitative estimate of drug-likeness (QED) is 0.648. The van der Waals surface area contributed by atoms with Crippen molar-refractivity contribution in [3.05, 3.63) is 45.4 Å². The topological polar surface area (TPSA) is 68.8 Å². The molecule has 108 valence electrons. The summed E-state index contributed by atoms with van der Waals surface area (Å²) in [7, 11) is 1.96. The third-order valence-corrected chi connectivity index (χ3v) is 4.40. The van der Waals surface area contributed by atoms with Crippen LogP contribution in [0.5, 0.6) is 0 Å². The number of nitrogens with zero attached hydrogens (tertiary/aromatic N) is 3. The molecule has 1 atom stereocenters. The van der Waals surface area contributed by atoms with E-state index in [1.54, 1.807) is 6.20 Å². The predicted octanol–water partition coefficient (Wildman–Crippen LogP) is 2.20. The van der Waals surface area contributed by atoms with Gasteiger partial charge in [-0.15, -0.1) is 0 Å². The molecule has 2 heterocycles. The maximum Gasteiger partial charge on any atom is 0.0766 e. The summed E-state index contributed by atoms with van der Waals surface area (Å²) < 4.78 is 2.97. The lowest BCUT2D eigenvalue weighted by Gasteiger charge is -2.17. The van der Waals surface area contributed by atoms with Gasteiger partial charge >= 0.3 is 0 Å². The molecule has 5 nitrogen and oxygen atoms in total. The van der Waals surface area contributed by atoms with Gasteiger partial charge in [-0.1, -0.05) is 13.0 Å². The summed E-state index contributed by atoms with van der Waals surface area (Å²) in [6.45, 7) is 4.14. The summed E-state index contributed by atoms with van der Waals surface area (Å²) in [5.41, 5.74) is 7.15. The first-order valence-corrected chi connectivity index (χ1v) is 7.45. The largest absolute Gasteiger partial charge is 0.271 e. The number of rotatable bonds is 5. The van der Waals surface area contributed by atoms with Gasteiger partial charge in [-0.3, -0.25) is 20.9 Å². The maximum atomic E-state index is 5.73. The third kappa shape index (κ3) is 2.92. The molecule has 0 aromatic carbocycles. The number of aromatic nitrogens is 3. The van der Waals surface area contributed by atoms with Crippen molar-refractivity contribution < 1.29 is 0 Å². The first-order chi connectivity index (χ1) is 9.58. The average molecular weight is 338 g/mol. The Morgan fingerprint density at radius 1 is 1.50 bits per heavy atom. The average Bonchev–Trinajstić information content (AvgIpc) is 2.72. The molecule has 2 rings (SSSR count). The monoisotopic (exact) mass is 337 g/mol. The highest BCUT2D eigenvalue weighted by Crippen LogP contribution is 2.26. The Labute approximate surface area is 127 Å². The number of nitrogens with one attached hydrogen (secondary N) is 1. The third-order valence-electron chi connectivity index (χ3n) is 3.48. The minimum absolute atomic E-state index is 0.0346. The minimum Gasteiger partial charge on any atom is -0.271 e. The van der Waals surface area contributed by atoms with E-state index in [4.69, 9.17) is 5.84 Å². The summed E-state index contributed by atoms with van der Waals surface area (Å²) in [5.74, 6) is 5.73. The van der Waals surface area contributed by atoms with Crippen LogP contribution in [0.4, 0.5) is 0 Å². The Balaban J connectivity index is 2.32. The first kappa shape index (κ1) is 15.2. The molecule has 20 heavy (non-hydrogen) atoms. The zero-order valence-corrected chi connectivity index (χ0v) is 13.6. The standard InChI is InChI=1S/C14H20BrN5/c1-4-10-13(15)12(20(3)19-10)8-11(18-16)14-9(2)6-5-7-17-14/h5-7,11,18H,4,8,16H2,1-3H3. The summed E-state index contributed by atoms with van der Waals surface area (Å²) >= 11 is 3.64. The Morgan fingerprint density at radius 2 is 2.25 bits per heavy atom. The van der Waals surface area contributed by atoms with E-state index in [0.29, 0.717) is 0 Å². The fourth-order valence-corrected chi connectivity index (χ4v) is 3.11. The van der Waals surface area contributed by atoms with Gasteiger partial charge in [0.25, 0.3) is 0 Å². The van der Waals surface area contributed by atoms with Crippen molar-refractivity contribution in [2.24, 2.45) is 12.9 Å². The number of hydrogen-bond donors (Lipinski definition) is 2. The van der Waals surface area contributed by atoms with E-state index in [9.17, 15) is 0 Å². The Hall–Kier alpha value is -1.24. The zero-order valence-electron chi connectivity index (χ0n) is 12.0. The summed E-state index contributed by atoms with van der Waals surface area (Å²) in [6, 6.07) is 3.94. The minimum atomic E-state index is -0.0346. The van der Waals surface area contributed by atoms with Crippen LogP contribution in [0.15, 0.2) is 22.8 Å². The molecular formula is C14H20BrN5. The van der Waals surface area contributed by atoms with Crippen LogP contribution < -0.4 is 11.3 Å². The number of nitrogens with two attached hydrogens (primary N) is 1. The van der Waals surface area contributed by atoms with Crippen molar-refractivity contribution in [3.8, 4) is 0 Å². The van der Waals surface area contributed by atoms with Crippen molar-refractivity contribution in [2.75, 3.05) is 0 Å². The van der Waals surface area contributed by atoms with Crippen LogP contribution in [-0.4, -0.2) is 14.8 Å². The molecule has 3 N–H and O–H groups in total. The van der Waals surface area contributed by atoms with Crippen molar-refractivity contribution in [2.45, 2.75) is 32.7 Å². The van der Waals surface area contributed by atoms with Crippen LogP contribution in [0.1, 0.15) is 35.6 Å². The fraction of sp³-hybridized carbons (Fsp3) is 0.429. The summed E-state index contributed by atoms with van der Waals surface area (Å²) in [4.78, 5) is 4.44. The van der Waals surface area contributed by atoms with Crippen LogP contribution in [0.2, 0.25) is 0 Å². The lowest BCUT2D eigenvalue weighted by Crippen LogP contribution is -2.31. The highest BCUT2D eigenvalue weighted by molar-refractivity contribution is 9.10. The number of hydrogen-bond acceptors (Lipinski definition) is 4. The molecular weight excluding hydrogens is 318 g/mol. The van der Waals surface area contributed by atoms with E-state index in [0.717, 1.165) is 40.0 Å². The summed E-state index contributed by atoms with van der Waals surface area (Å²) in [5, 5.41) is 4.51. The number of pyridine rings is 1. The zero-order chi connectivity index (χ0) is 14.7. The van der Waals surface area contributed by atoms with Gasteiger partial charge < -0.3 is 0 Å². The SMILES string of the molecule is CCc1nn(C)c(CC(NN)c2ncccc2C)c1Br. The van der Waals surface area contributed by atoms with Gasteiger partial charge in [0.1, 0.15) is 0 Å². The Kier molecular flexibility index (Phi) is 4.91. The van der Waals surface area contributed by atoms with Gasteiger partial charge in [0.2, 0.25) is 0 Å². The van der Waals surface area contributed by atoms with E-state index in [2.05, 4.69) is 38.4 Å². The second-order valence-electron chi connectivity index (χ2n) is 4.81. The van der Waals surface area contributed by atoms with Crippen molar-refractivity contribution in [1.29, 1.82) is 0 Å². The van der Waals surface area contributed by atoms with E-state index >= 15 is 0 Å². The maximum absolute atomic E-state index is 5.73. The van der Waals surface area contributed by atoms with E-state index in [1.807, 2.05) is 30.8 Å². The Bertz CT molecular complexity index is 593. The molecule has 0 saturated carbocycles. The second-order valence-corrected chi connectivity index (χ2v) is 5.61. The number of hydrazine groups is 1. The molecule has 0 bridgehead atoms. The highest BCUT2D eigenvalue weighted by Gasteiger charge is 2.20. The smallest absolute Gasteiger partial charge is 0.0766 e. The van der Waals surface area contributed by atoms with E-state index in [-0.39, 0.29) is 6.04 Å².